The van der Waals surface area contributed by atoms with Gasteiger partial charge in [0.1, 0.15) is 0 Å². The Morgan fingerprint density at radius 1 is 1.05 bits per heavy atom. The van der Waals surface area contributed by atoms with Crippen molar-refractivity contribution >= 4 is 5.78 Å². The van der Waals surface area contributed by atoms with E-state index in [1.807, 2.05) is 27.7 Å². The molecule has 0 spiro atoms. The highest BCUT2D eigenvalue weighted by Crippen LogP contribution is 2.48. The summed E-state index contributed by atoms with van der Waals surface area (Å²) in [6.07, 6.45) is 6.66. The molecule has 5 radical (unpaired) electrons. The summed E-state index contributed by atoms with van der Waals surface area (Å²) in [6.45, 7) is 7.34. The summed E-state index contributed by atoms with van der Waals surface area (Å²) in [6, 6.07) is 0. The Balaban J connectivity index is 2.28. The summed E-state index contributed by atoms with van der Waals surface area (Å²) in [4.78, 5) is 12.2. The molecular formula is C15H19O4. The van der Waals surface area contributed by atoms with Gasteiger partial charge in [0.15, 0.2) is 11.4 Å². The van der Waals surface area contributed by atoms with Gasteiger partial charge in [-0.05, 0) is 53.4 Å². The molecule has 0 aromatic heterocycles. The summed E-state index contributed by atoms with van der Waals surface area (Å²) in [7, 11) is 0. The lowest BCUT2D eigenvalue weighted by molar-refractivity contribution is -0.147. The number of ketones is 1. The number of rotatable bonds is 5. The second-order valence-electron chi connectivity index (χ2n) is 5.20. The summed E-state index contributed by atoms with van der Waals surface area (Å²) in [5, 5.41) is 10.6. The van der Waals surface area contributed by atoms with Gasteiger partial charge in [0, 0.05) is 5.92 Å². The third-order valence-electron chi connectivity index (χ3n) is 2.86. The lowest BCUT2D eigenvalue weighted by atomic mass is 9.72. The Morgan fingerprint density at radius 2 is 1.58 bits per heavy atom. The number of carbonyl (C=O) groups excluding carboxylic acids is 1. The monoisotopic (exact) mass is 263 g/mol. The third kappa shape index (κ3) is 2.38. The van der Waals surface area contributed by atoms with Crippen LogP contribution in [-0.4, -0.2) is 28.7 Å². The van der Waals surface area contributed by atoms with Gasteiger partial charge in [-0.1, -0.05) is 0 Å². The van der Waals surface area contributed by atoms with Crippen LogP contribution in [0.3, 0.4) is 0 Å². The first kappa shape index (κ1) is 14.4. The van der Waals surface area contributed by atoms with E-state index in [0.717, 1.165) is 0 Å². The van der Waals surface area contributed by atoms with Crippen LogP contribution in [0.2, 0.25) is 0 Å². The highest BCUT2D eigenvalue weighted by Gasteiger charge is 2.62. The first-order valence-electron chi connectivity index (χ1n) is 6.44. The molecule has 0 amide bonds. The molecule has 0 aromatic rings. The molecule has 0 aromatic carbocycles. The number of hydrogen-bond acceptors (Lipinski definition) is 4. The van der Waals surface area contributed by atoms with Crippen LogP contribution >= 0.6 is 0 Å². The van der Waals surface area contributed by atoms with Crippen LogP contribution in [0.15, 0.2) is 11.5 Å². The summed E-state index contributed by atoms with van der Waals surface area (Å²) in [5.74, 6) is 0.423. The van der Waals surface area contributed by atoms with Gasteiger partial charge in [0.25, 0.3) is 0 Å². The van der Waals surface area contributed by atoms with Gasteiger partial charge in [-0.25, -0.2) is 0 Å². The molecule has 1 saturated carbocycles. The molecule has 0 bridgehead atoms. The molecule has 4 nitrogen and oxygen atoms in total. The smallest absolute Gasteiger partial charge is 0.241 e. The molecule has 4 heteroatoms. The van der Waals surface area contributed by atoms with Crippen LogP contribution in [0.25, 0.3) is 0 Å². The van der Waals surface area contributed by atoms with Crippen LogP contribution in [0.4, 0.5) is 0 Å². The Kier molecular flexibility index (Phi) is 3.90. The highest BCUT2D eigenvalue weighted by molar-refractivity contribution is 6.12. The van der Waals surface area contributed by atoms with E-state index in [2.05, 4.69) is 0 Å². The lowest BCUT2D eigenvalue weighted by Crippen LogP contribution is -2.57. The fourth-order valence-electron chi connectivity index (χ4n) is 2.07. The number of aliphatic hydroxyl groups is 1. The van der Waals surface area contributed by atoms with E-state index in [0.29, 0.717) is 5.92 Å². The van der Waals surface area contributed by atoms with Crippen molar-refractivity contribution in [3.63, 3.8) is 0 Å². The molecule has 19 heavy (non-hydrogen) atoms. The molecule has 1 atom stereocenters. The minimum atomic E-state index is -1.70. The minimum absolute atomic E-state index is 0.132. The predicted octanol–water partition coefficient (Wildman–Crippen LogP) is 1.77. The zero-order valence-electron chi connectivity index (χ0n) is 11.6. The SMILES string of the molecule is CC(C)OC1=C(OC(C)C)C(O)([C]2[CH][CH][CH][CH]2)C1=O. The fourth-order valence-corrected chi connectivity index (χ4v) is 2.07. The van der Waals surface area contributed by atoms with Gasteiger partial charge >= 0.3 is 0 Å². The third-order valence-corrected chi connectivity index (χ3v) is 2.86. The molecule has 103 valence electrons. The van der Waals surface area contributed by atoms with Gasteiger partial charge in [0.05, 0.1) is 12.2 Å². The molecule has 1 N–H and O–H groups in total. The molecular weight excluding hydrogens is 244 g/mol. The molecule has 0 heterocycles. The molecule has 2 aliphatic rings. The van der Waals surface area contributed by atoms with E-state index in [4.69, 9.17) is 9.47 Å². The number of hydrogen-bond donors (Lipinski definition) is 1. The van der Waals surface area contributed by atoms with Crippen LogP contribution in [0, 0.1) is 31.6 Å². The summed E-state index contributed by atoms with van der Waals surface area (Å²) < 4.78 is 11.0. The first-order valence-corrected chi connectivity index (χ1v) is 6.44. The summed E-state index contributed by atoms with van der Waals surface area (Å²) in [5.41, 5.74) is -1.70. The number of Topliss-reactive ketones (excluding diaryl/α,β-unsaturated/α-hetero) is 1. The predicted molar refractivity (Wildman–Crippen MR) is 69.9 cm³/mol. The van der Waals surface area contributed by atoms with Gasteiger partial charge in [-0.2, -0.15) is 0 Å². The van der Waals surface area contributed by atoms with E-state index < -0.39 is 11.4 Å². The average molecular weight is 263 g/mol. The Labute approximate surface area is 114 Å². The van der Waals surface area contributed by atoms with E-state index >= 15 is 0 Å². The van der Waals surface area contributed by atoms with E-state index in [-0.39, 0.29) is 23.7 Å². The summed E-state index contributed by atoms with van der Waals surface area (Å²) >= 11 is 0. The maximum atomic E-state index is 12.2. The van der Waals surface area contributed by atoms with Crippen molar-refractivity contribution in [2.45, 2.75) is 45.5 Å². The van der Waals surface area contributed by atoms with Crippen LogP contribution < -0.4 is 0 Å². The number of carbonyl (C=O) groups is 1. The topological polar surface area (TPSA) is 55.8 Å². The first-order chi connectivity index (χ1) is 8.87. The van der Waals surface area contributed by atoms with Crippen LogP contribution in [0.5, 0.6) is 0 Å². The fraction of sp³-hybridized carbons (Fsp3) is 0.467. The molecule has 1 unspecified atom stereocenters. The normalized spacial score (nSPS) is 28.3. The second-order valence-corrected chi connectivity index (χ2v) is 5.20. The number of ether oxygens (including phenoxy) is 2. The van der Waals surface area contributed by atoms with Crippen molar-refractivity contribution < 1.29 is 19.4 Å². The largest absolute Gasteiger partial charge is 0.488 e. The van der Waals surface area contributed by atoms with Crippen molar-refractivity contribution in [3.05, 3.63) is 43.1 Å². The Hall–Kier alpha value is -1.03. The quantitative estimate of drug-likeness (QED) is 0.821. The van der Waals surface area contributed by atoms with E-state index in [1.54, 1.807) is 25.7 Å². The van der Waals surface area contributed by atoms with Crippen LogP contribution in [-0.2, 0) is 14.3 Å². The van der Waals surface area contributed by atoms with Crippen molar-refractivity contribution in [2.24, 2.45) is 0 Å². The molecule has 0 saturated heterocycles. The van der Waals surface area contributed by atoms with Crippen LogP contribution in [0.1, 0.15) is 27.7 Å². The zero-order valence-corrected chi connectivity index (χ0v) is 11.6. The standard InChI is InChI=1S/C15H19O4/c1-9(2)18-12-13(16)15(17,11-7-5-6-8-11)14(12)19-10(3)4/h5-10,17H,1-4H3. The Morgan fingerprint density at radius 3 is 2.05 bits per heavy atom. The maximum absolute atomic E-state index is 12.2. The van der Waals surface area contributed by atoms with E-state index in [1.165, 1.54) is 0 Å². The molecule has 0 aliphatic heterocycles. The second kappa shape index (κ2) is 5.16. The van der Waals surface area contributed by atoms with Crippen molar-refractivity contribution in [2.75, 3.05) is 0 Å². The Bertz CT molecular complexity index is 391. The van der Waals surface area contributed by atoms with E-state index in [9.17, 15) is 9.90 Å². The van der Waals surface area contributed by atoms with Crippen molar-refractivity contribution in [1.82, 2.24) is 0 Å². The van der Waals surface area contributed by atoms with Crippen molar-refractivity contribution in [3.8, 4) is 0 Å². The van der Waals surface area contributed by atoms with Gasteiger partial charge in [0.2, 0.25) is 11.5 Å². The highest BCUT2D eigenvalue weighted by atomic mass is 16.6. The average Bonchev–Trinajstić information content (AvgIpc) is 2.86. The van der Waals surface area contributed by atoms with Gasteiger partial charge < -0.3 is 14.6 Å². The minimum Gasteiger partial charge on any atom is -0.488 e. The van der Waals surface area contributed by atoms with Gasteiger partial charge in [-0.15, -0.1) is 0 Å². The van der Waals surface area contributed by atoms with Crippen molar-refractivity contribution in [1.29, 1.82) is 0 Å². The van der Waals surface area contributed by atoms with Gasteiger partial charge in [-0.3, -0.25) is 4.79 Å². The maximum Gasteiger partial charge on any atom is 0.241 e. The molecule has 2 aliphatic carbocycles. The zero-order chi connectivity index (χ0) is 14.2. The lowest BCUT2D eigenvalue weighted by Gasteiger charge is -2.42. The molecule has 1 fully saturated rings. The molecule has 2 rings (SSSR count).